The predicted octanol–water partition coefficient (Wildman–Crippen LogP) is 0.298. The molecule has 1 rings (SSSR count). The van der Waals surface area contributed by atoms with Gasteiger partial charge in [0.1, 0.15) is 0 Å². The molecule has 2 unspecified atom stereocenters. The van der Waals surface area contributed by atoms with Crippen molar-refractivity contribution >= 4 is 26.2 Å². The second kappa shape index (κ2) is 5.78. The van der Waals surface area contributed by atoms with Crippen LogP contribution >= 0.6 is 0 Å². The molecule has 0 aromatic carbocycles. The molecule has 1 fully saturated rings. The Labute approximate surface area is 103 Å². The van der Waals surface area contributed by atoms with Gasteiger partial charge < -0.3 is 0 Å². The van der Waals surface area contributed by atoms with Gasteiger partial charge in [-0.3, -0.25) is 0 Å². The third-order valence-electron chi connectivity index (χ3n) is 2.58. The average molecular weight is 418 g/mol. The average Bonchev–Trinajstić information content (AvgIpc) is 2.47. The summed E-state index contributed by atoms with van der Waals surface area (Å²) in [6, 6.07) is -0.776. The quantitative estimate of drug-likeness (QED) is 0.527. The second-order valence-corrected chi connectivity index (χ2v) is 4.90. The van der Waals surface area contributed by atoms with E-state index >= 15 is 0 Å². The van der Waals surface area contributed by atoms with Gasteiger partial charge in [-0.2, -0.15) is 0 Å². The van der Waals surface area contributed by atoms with Crippen molar-refractivity contribution in [1.29, 1.82) is 0 Å². The molecular weight excluding hydrogens is 404 g/mol. The first kappa shape index (κ1) is 13.7. The molecule has 0 spiro atoms. The first-order chi connectivity index (χ1) is 6.95. The Morgan fingerprint density at radius 2 is 2.07 bits per heavy atom. The molecule has 7 heteroatoms. The summed E-state index contributed by atoms with van der Waals surface area (Å²) < 4.78 is 42.3. The van der Waals surface area contributed by atoms with Crippen molar-refractivity contribution in [3.05, 3.63) is 0 Å². The third kappa shape index (κ3) is 4.16. The zero-order valence-electron chi connectivity index (χ0n) is 8.26. The number of nitrogens with zero attached hydrogens (tertiary/aromatic N) is 1. The Kier molecular flexibility index (Phi) is 5.26. The maximum absolute atomic E-state index is 12.4. The van der Waals surface area contributed by atoms with Crippen LogP contribution in [0.4, 0.5) is 13.2 Å². The minimum atomic E-state index is -4.16. The van der Waals surface area contributed by atoms with E-state index in [2.05, 4.69) is 0 Å². The van der Waals surface area contributed by atoms with Crippen LogP contribution in [0.25, 0.3) is 0 Å². The number of likely N-dealkylation sites (tertiary alicyclic amines) is 1. The second-order valence-electron chi connectivity index (χ2n) is 3.77. The van der Waals surface area contributed by atoms with E-state index in [1.165, 1.54) is 0 Å². The van der Waals surface area contributed by atoms with Crippen molar-refractivity contribution in [3.8, 4) is 0 Å². The van der Waals surface area contributed by atoms with Crippen LogP contribution in [-0.2, 0) is 2.69 Å². The Morgan fingerprint density at radius 3 is 2.53 bits per heavy atom. The summed E-state index contributed by atoms with van der Waals surface area (Å²) >= 11 is 0.679. The van der Waals surface area contributed by atoms with Gasteiger partial charge in [-0.25, -0.2) is 0 Å². The monoisotopic (exact) mass is 419 g/mol. The molecule has 1 aliphatic rings. The molecule has 0 aliphatic carbocycles. The summed E-state index contributed by atoms with van der Waals surface area (Å²) in [5.41, 5.74) is 5.47. The van der Waals surface area contributed by atoms with Crippen LogP contribution in [0.3, 0.4) is 0 Å². The summed E-state index contributed by atoms with van der Waals surface area (Å²) in [6.07, 6.45) is -3.39. The molecule has 0 aromatic heterocycles. The van der Waals surface area contributed by atoms with Crippen LogP contribution in [0.5, 0.6) is 0 Å². The molecule has 0 amide bonds. The zero-order chi connectivity index (χ0) is 11.5. The van der Waals surface area contributed by atoms with Gasteiger partial charge in [0.25, 0.3) is 0 Å². The molecule has 87 valence electrons. The molecular formula is C8H14F3N2OPb. The first-order valence-electron chi connectivity index (χ1n) is 4.78. The summed E-state index contributed by atoms with van der Waals surface area (Å²) in [4.78, 5) is 1.77. The van der Waals surface area contributed by atoms with E-state index in [9.17, 15) is 13.2 Å². The van der Waals surface area contributed by atoms with Gasteiger partial charge in [0, 0.05) is 0 Å². The predicted molar refractivity (Wildman–Crippen MR) is 50.3 cm³/mol. The molecule has 0 aromatic rings. The molecule has 2 atom stereocenters. The molecule has 1 aliphatic heterocycles. The molecule has 3 radical (unpaired) electrons. The molecule has 15 heavy (non-hydrogen) atoms. The van der Waals surface area contributed by atoms with Crippen molar-refractivity contribution in [2.24, 2.45) is 11.7 Å². The van der Waals surface area contributed by atoms with E-state index in [4.69, 9.17) is 8.42 Å². The van der Waals surface area contributed by atoms with Crippen LogP contribution in [0, 0.1) is 5.92 Å². The van der Waals surface area contributed by atoms with Gasteiger partial charge >= 0.3 is 104 Å². The van der Waals surface area contributed by atoms with E-state index in [0.717, 1.165) is 6.42 Å². The minimum absolute atomic E-state index is 0.0335. The topological polar surface area (TPSA) is 38.5 Å². The molecule has 2 N–H and O–H groups in total. The summed E-state index contributed by atoms with van der Waals surface area (Å²) in [7, 11) is 0. The van der Waals surface area contributed by atoms with Crippen LogP contribution in [0.2, 0.25) is 0 Å². The first-order valence-corrected chi connectivity index (χ1v) is 6.37. The Bertz CT molecular complexity index is 203. The fraction of sp³-hybridized carbons (Fsp3) is 1.00. The number of alkyl halides is 3. The molecule has 0 saturated carbocycles. The van der Waals surface area contributed by atoms with E-state index in [1.807, 2.05) is 0 Å². The Morgan fingerprint density at radius 1 is 1.40 bits per heavy atom. The number of halogens is 3. The Balaban J connectivity index is 2.35. The maximum atomic E-state index is 12.4. The normalized spacial score (nSPS) is 28.6. The number of nitrogens with two attached hydrogens (primary N) is 1. The van der Waals surface area contributed by atoms with Crippen molar-refractivity contribution in [1.82, 2.24) is 4.90 Å². The van der Waals surface area contributed by atoms with Crippen molar-refractivity contribution in [3.63, 3.8) is 0 Å². The fourth-order valence-corrected chi connectivity index (χ4v) is 2.36. The van der Waals surface area contributed by atoms with Gasteiger partial charge in [0.2, 0.25) is 0 Å². The van der Waals surface area contributed by atoms with Crippen molar-refractivity contribution in [2.45, 2.75) is 18.6 Å². The third-order valence-corrected chi connectivity index (χ3v) is 3.38. The van der Waals surface area contributed by atoms with Crippen LogP contribution in [-0.4, -0.2) is 69.6 Å². The van der Waals surface area contributed by atoms with Crippen LogP contribution in [0.15, 0.2) is 0 Å². The van der Waals surface area contributed by atoms with Gasteiger partial charge in [0.15, 0.2) is 0 Å². The van der Waals surface area contributed by atoms with E-state index < -0.39 is 18.1 Å². The number of rotatable bonds is 4. The van der Waals surface area contributed by atoms with Gasteiger partial charge in [-0.1, -0.05) is 0 Å². The van der Waals surface area contributed by atoms with Gasteiger partial charge in [0.05, 0.1) is 0 Å². The van der Waals surface area contributed by atoms with Gasteiger partial charge in [-0.15, -0.1) is 0 Å². The Hall–Kier alpha value is 0.592. The van der Waals surface area contributed by atoms with Crippen LogP contribution < -0.4 is 5.73 Å². The summed E-state index contributed by atoms with van der Waals surface area (Å²) in [5.74, 6) is -1.37. The van der Waals surface area contributed by atoms with Crippen LogP contribution in [0.1, 0.15) is 6.42 Å². The van der Waals surface area contributed by atoms with E-state index in [0.29, 0.717) is 45.9 Å². The zero-order valence-corrected chi connectivity index (χ0v) is 12.1. The van der Waals surface area contributed by atoms with E-state index in [-0.39, 0.29) is 6.54 Å². The standard InChI is InChI=1S/C8H14F3N2O.Pb/c9-8(10,11)6-4-13(2-1-3-14)5-7(6)12;/h6-7H,1-5,12H2;/q-1;+1. The summed E-state index contributed by atoms with van der Waals surface area (Å²) in [5, 5.41) is 0. The molecule has 3 nitrogen and oxygen atoms in total. The van der Waals surface area contributed by atoms with Gasteiger partial charge in [-0.05, 0) is 0 Å². The van der Waals surface area contributed by atoms with E-state index in [1.54, 1.807) is 4.90 Å². The summed E-state index contributed by atoms with van der Waals surface area (Å²) in [6.45, 7) is 1.65. The number of hydrogen-bond donors (Lipinski definition) is 1. The molecule has 1 saturated heterocycles. The molecule has 1 heterocycles. The molecule has 0 bridgehead atoms. The van der Waals surface area contributed by atoms with Crippen molar-refractivity contribution < 1.29 is 15.9 Å². The van der Waals surface area contributed by atoms with Crippen molar-refractivity contribution in [2.75, 3.05) is 26.2 Å². The number of hydrogen-bond acceptors (Lipinski definition) is 3. The fourth-order valence-electron chi connectivity index (χ4n) is 1.80. The SMILES string of the molecule is NC1CN(CCC[O][Pb])CC1C(F)(F)F.